The van der Waals surface area contributed by atoms with Crippen LogP contribution in [0.4, 0.5) is 0 Å². The summed E-state index contributed by atoms with van der Waals surface area (Å²) in [5.41, 5.74) is 2.79. The SMILES string of the molecule is CCc1ccccc1C(=O)Cc1cc(Br)ccc1OC. The molecule has 20 heavy (non-hydrogen) atoms. The van der Waals surface area contributed by atoms with Crippen molar-refractivity contribution in [3.63, 3.8) is 0 Å². The summed E-state index contributed by atoms with van der Waals surface area (Å²) in [5.74, 6) is 0.870. The highest BCUT2D eigenvalue weighted by molar-refractivity contribution is 9.10. The van der Waals surface area contributed by atoms with Crippen molar-refractivity contribution in [3.8, 4) is 5.75 Å². The van der Waals surface area contributed by atoms with Gasteiger partial charge in [-0.15, -0.1) is 0 Å². The first-order valence-electron chi connectivity index (χ1n) is 6.59. The lowest BCUT2D eigenvalue weighted by Gasteiger charge is -2.10. The number of ether oxygens (including phenoxy) is 1. The van der Waals surface area contributed by atoms with Crippen LogP contribution in [0.1, 0.15) is 28.4 Å². The van der Waals surface area contributed by atoms with Crippen LogP contribution in [0.3, 0.4) is 0 Å². The number of ketones is 1. The van der Waals surface area contributed by atoms with E-state index in [4.69, 9.17) is 4.74 Å². The minimum absolute atomic E-state index is 0.124. The number of Topliss-reactive ketones (excluding diaryl/α,β-unsaturated/α-hetero) is 1. The molecule has 0 fully saturated rings. The Labute approximate surface area is 127 Å². The Balaban J connectivity index is 2.30. The van der Waals surface area contributed by atoms with Gasteiger partial charge in [0.25, 0.3) is 0 Å². The Hall–Kier alpha value is -1.61. The molecule has 2 nitrogen and oxygen atoms in total. The molecule has 0 aliphatic carbocycles. The van der Waals surface area contributed by atoms with Gasteiger partial charge in [-0.3, -0.25) is 4.79 Å². The number of hydrogen-bond donors (Lipinski definition) is 0. The maximum Gasteiger partial charge on any atom is 0.167 e. The molecule has 0 unspecified atom stereocenters. The van der Waals surface area contributed by atoms with Gasteiger partial charge in [0.1, 0.15) is 5.75 Å². The van der Waals surface area contributed by atoms with Crippen molar-refractivity contribution in [1.82, 2.24) is 0 Å². The first kappa shape index (κ1) is 14.8. The van der Waals surface area contributed by atoms with Crippen molar-refractivity contribution in [2.75, 3.05) is 7.11 Å². The number of hydrogen-bond acceptors (Lipinski definition) is 2. The van der Waals surface area contributed by atoms with E-state index in [1.165, 1.54) is 0 Å². The summed E-state index contributed by atoms with van der Waals surface area (Å²) in [6.45, 7) is 2.06. The highest BCUT2D eigenvalue weighted by Crippen LogP contribution is 2.25. The second kappa shape index (κ2) is 6.71. The van der Waals surface area contributed by atoms with Gasteiger partial charge in [-0.2, -0.15) is 0 Å². The van der Waals surface area contributed by atoms with Crippen molar-refractivity contribution in [1.29, 1.82) is 0 Å². The molecule has 2 rings (SSSR count). The van der Waals surface area contributed by atoms with Gasteiger partial charge in [0.05, 0.1) is 7.11 Å². The number of carbonyl (C=O) groups excluding carboxylic acids is 1. The van der Waals surface area contributed by atoms with Gasteiger partial charge in [0.2, 0.25) is 0 Å². The van der Waals surface area contributed by atoms with E-state index in [9.17, 15) is 4.79 Å². The zero-order chi connectivity index (χ0) is 14.5. The monoisotopic (exact) mass is 332 g/mol. The van der Waals surface area contributed by atoms with E-state index in [1.807, 2.05) is 42.5 Å². The van der Waals surface area contributed by atoms with Gasteiger partial charge in [-0.25, -0.2) is 0 Å². The van der Waals surface area contributed by atoms with Crippen LogP contribution >= 0.6 is 15.9 Å². The molecule has 0 bridgehead atoms. The molecule has 2 aromatic rings. The van der Waals surface area contributed by atoms with E-state index in [2.05, 4.69) is 22.9 Å². The second-order valence-corrected chi connectivity index (χ2v) is 5.48. The Morgan fingerprint density at radius 1 is 1.15 bits per heavy atom. The quantitative estimate of drug-likeness (QED) is 0.756. The fraction of sp³-hybridized carbons (Fsp3) is 0.235. The van der Waals surface area contributed by atoms with E-state index in [0.717, 1.165) is 33.3 Å². The number of halogens is 1. The fourth-order valence-electron chi connectivity index (χ4n) is 2.25. The first-order chi connectivity index (χ1) is 9.65. The van der Waals surface area contributed by atoms with Crippen LogP contribution in [-0.2, 0) is 12.8 Å². The molecule has 2 aromatic carbocycles. The van der Waals surface area contributed by atoms with Crippen LogP contribution in [0.2, 0.25) is 0 Å². The highest BCUT2D eigenvalue weighted by Gasteiger charge is 2.13. The number of carbonyl (C=O) groups is 1. The Morgan fingerprint density at radius 3 is 2.60 bits per heavy atom. The third kappa shape index (κ3) is 3.28. The zero-order valence-electron chi connectivity index (χ0n) is 11.7. The summed E-state index contributed by atoms with van der Waals surface area (Å²) in [7, 11) is 1.62. The van der Waals surface area contributed by atoms with E-state index in [-0.39, 0.29) is 5.78 Å². The van der Waals surface area contributed by atoms with E-state index < -0.39 is 0 Å². The fourth-order valence-corrected chi connectivity index (χ4v) is 2.66. The molecule has 0 aliphatic heterocycles. The topological polar surface area (TPSA) is 26.3 Å². The van der Waals surface area contributed by atoms with Crippen LogP contribution in [-0.4, -0.2) is 12.9 Å². The molecule has 0 spiro atoms. The lowest BCUT2D eigenvalue weighted by atomic mass is 9.97. The minimum Gasteiger partial charge on any atom is -0.496 e. The van der Waals surface area contributed by atoms with Crippen LogP contribution in [0.25, 0.3) is 0 Å². The molecule has 0 saturated heterocycles. The van der Waals surface area contributed by atoms with Crippen LogP contribution in [0.5, 0.6) is 5.75 Å². The molecular formula is C17H17BrO2. The van der Waals surface area contributed by atoms with Crippen LogP contribution in [0, 0.1) is 0 Å². The van der Waals surface area contributed by atoms with Crippen molar-refractivity contribution in [3.05, 3.63) is 63.6 Å². The number of aryl methyl sites for hydroxylation is 1. The van der Waals surface area contributed by atoms with Gasteiger partial charge in [0, 0.05) is 22.0 Å². The first-order valence-corrected chi connectivity index (χ1v) is 7.38. The molecule has 0 heterocycles. The molecule has 3 heteroatoms. The van der Waals surface area contributed by atoms with Crippen molar-refractivity contribution < 1.29 is 9.53 Å². The average molecular weight is 333 g/mol. The van der Waals surface area contributed by atoms with Gasteiger partial charge in [-0.1, -0.05) is 47.1 Å². The Morgan fingerprint density at radius 2 is 1.90 bits per heavy atom. The number of rotatable bonds is 5. The number of methoxy groups -OCH3 is 1. The summed E-state index contributed by atoms with van der Waals surface area (Å²) in [6.07, 6.45) is 1.21. The standard InChI is InChI=1S/C17H17BrO2/c1-3-12-6-4-5-7-15(12)16(19)11-13-10-14(18)8-9-17(13)20-2/h4-10H,3,11H2,1-2H3. The van der Waals surface area contributed by atoms with Gasteiger partial charge in [-0.05, 0) is 30.2 Å². The van der Waals surface area contributed by atoms with Gasteiger partial charge >= 0.3 is 0 Å². The minimum atomic E-state index is 0.124. The smallest absolute Gasteiger partial charge is 0.167 e. The molecule has 0 saturated carbocycles. The van der Waals surface area contributed by atoms with Crippen molar-refractivity contribution >= 4 is 21.7 Å². The lowest BCUT2D eigenvalue weighted by molar-refractivity contribution is 0.0991. The maximum absolute atomic E-state index is 12.5. The largest absolute Gasteiger partial charge is 0.496 e. The van der Waals surface area contributed by atoms with Crippen LogP contribution in [0.15, 0.2) is 46.9 Å². The second-order valence-electron chi connectivity index (χ2n) is 4.57. The molecule has 0 amide bonds. The van der Waals surface area contributed by atoms with Gasteiger partial charge < -0.3 is 4.74 Å². The normalized spacial score (nSPS) is 10.3. The lowest BCUT2D eigenvalue weighted by Crippen LogP contribution is -2.07. The Bertz CT molecular complexity index is 620. The van der Waals surface area contributed by atoms with Crippen molar-refractivity contribution in [2.45, 2.75) is 19.8 Å². The summed E-state index contributed by atoms with van der Waals surface area (Å²) in [4.78, 5) is 12.5. The molecule has 104 valence electrons. The summed E-state index contributed by atoms with van der Waals surface area (Å²) in [6, 6.07) is 13.5. The molecular weight excluding hydrogens is 316 g/mol. The summed E-state index contributed by atoms with van der Waals surface area (Å²) in [5, 5.41) is 0. The van der Waals surface area contributed by atoms with Crippen molar-refractivity contribution in [2.24, 2.45) is 0 Å². The molecule has 0 radical (unpaired) electrons. The summed E-state index contributed by atoms with van der Waals surface area (Å²) >= 11 is 3.43. The summed E-state index contributed by atoms with van der Waals surface area (Å²) < 4.78 is 6.27. The predicted octanol–water partition coefficient (Wildman–Crippen LogP) is 4.45. The van der Waals surface area contributed by atoms with E-state index >= 15 is 0 Å². The average Bonchev–Trinajstić information content (AvgIpc) is 2.47. The van der Waals surface area contributed by atoms with E-state index in [0.29, 0.717) is 6.42 Å². The predicted molar refractivity (Wildman–Crippen MR) is 84.5 cm³/mol. The molecule has 0 aliphatic rings. The highest BCUT2D eigenvalue weighted by atomic mass is 79.9. The van der Waals surface area contributed by atoms with E-state index in [1.54, 1.807) is 7.11 Å². The molecule has 0 N–H and O–H groups in total. The number of benzene rings is 2. The molecule has 0 atom stereocenters. The molecule has 0 aromatic heterocycles. The third-order valence-electron chi connectivity index (χ3n) is 3.29. The van der Waals surface area contributed by atoms with Gasteiger partial charge in [0.15, 0.2) is 5.78 Å². The zero-order valence-corrected chi connectivity index (χ0v) is 13.2. The third-order valence-corrected chi connectivity index (χ3v) is 3.79. The Kier molecular flexibility index (Phi) is 4.96. The van der Waals surface area contributed by atoms with Crippen LogP contribution < -0.4 is 4.74 Å². The maximum atomic E-state index is 12.5.